The lowest BCUT2D eigenvalue weighted by molar-refractivity contribution is -0.142. The van der Waals surface area contributed by atoms with Gasteiger partial charge in [0.25, 0.3) is 0 Å². The third-order valence-corrected chi connectivity index (χ3v) is 3.47. The quantitative estimate of drug-likeness (QED) is 0.843. The van der Waals surface area contributed by atoms with Gasteiger partial charge in [0, 0.05) is 0 Å². The Morgan fingerprint density at radius 2 is 1.94 bits per heavy atom. The number of aliphatic carboxylic acids is 1. The van der Waals surface area contributed by atoms with Crippen molar-refractivity contribution in [2.75, 3.05) is 0 Å². The van der Waals surface area contributed by atoms with E-state index in [9.17, 15) is 9.90 Å². The van der Waals surface area contributed by atoms with E-state index in [1.807, 2.05) is 18.2 Å². The molecule has 3 heteroatoms. The van der Waals surface area contributed by atoms with E-state index in [-0.39, 0.29) is 6.42 Å². The normalized spacial score (nSPS) is 18.2. The summed E-state index contributed by atoms with van der Waals surface area (Å²) in [4.78, 5) is 10.7. The molecular weight excluding hydrogens is 216 g/mol. The number of carboxylic acids is 1. The van der Waals surface area contributed by atoms with Crippen LogP contribution in [-0.2, 0) is 23.2 Å². The molecule has 0 aliphatic heterocycles. The maximum Gasteiger partial charge on any atom is 0.306 e. The molecule has 0 bridgehead atoms. The summed E-state index contributed by atoms with van der Waals surface area (Å²) in [5.41, 5.74) is 2.03. The molecule has 1 unspecified atom stereocenters. The van der Waals surface area contributed by atoms with Crippen LogP contribution in [-0.4, -0.2) is 16.2 Å². The summed E-state index contributed by atoms with van der Waals surface area (Å²) < 4.78 is 0. The number of carbonyl (C=O) groups is 1. The molecule has 1 aromatic carbocycles. The van der Waals surface area contributed by atoms with Crippen LogP contribution in [0.5, 0.6) is 0 Å². The van der Waals surface area contributed by atoms with Gasteiger partial charge < -0.3 is 10.2 Å². The van der Waals surface area contributed by atoms with Crippen molar-refractivity contribution >= 4 is 5.97 Å². The largest absolute Gasteiger partial charge is 0.481 e. The minimum absolute atomic E-state index is 0.258. The lowest BCUT2D eigenvalue weighted by Crippen LogP contribution is -2.25. The van der Waals surface area contributed by atoms with Crippen LogP contribution in [0.15, 0.2) is 18.2 Å². The van der Waals surface area contributed by atoms with Crippen molar-refractivity contribution in [2.24, 2.45) is 0 Å². The summed E-state index contributed by atoms with van der Waals surface area (Å²) in [5.74, 6) is -0.979. The highest BCUT2D eigenvalue weighted by Crippen LogP contribution is 2.29. The van der Waals surface area contributed by atoms with E-state index < -0.39 is 11.6 Å². The standard InChI is InChI=1S/C14H18O3/c1-14(17,9-13(15)16)12-7-6-10-4-2-3-5-11(10)8-12/h6-8,17H,2-5,9H2,1H3,(H,15,16). The number of aryl methyl sites for hydroxylation is 2. The first kappa shape index (κ1) is 12.1. The van der Waals surface area contributed by atoms with Crippen molar-refractivity contribution < 1.29 is 15.0 Å². The Morgan fingerprint density at radius 3 is 2.59 bits per heavy atom. The first-order valence-corrected chi connectivity index (χ1v) is 6.05. The monoisotopic (exact) mass is 234 g/mol. The van der Waals surface area contributed by atoms with Crippen molar-refractivity contribution in [1.29, 1.82) is 0 Å². The maximum atomic E-state index is 10.7. The zero-order valence-corrected chi connectivity index (χ0v) is 10.1. The van der Waals surface area contributed by atoms with E-state index in [1.165, 1.54) is 24.0 Å². The molecule has 2 N–H and O–H groups in total. The molecule has 0 aromatic heterocycles. The second-order valence-corrected chi connectivity index (χ2v) is 5.03. The lowest BCUT2D eigenvalue weighted by atomic mass is 9.85. The predicted octanol–water partition coefficient (Wildman–Crippen LogP) is 2.25. The van der Waals surface area contributed by atoms with Crippen LogP contribution in [0.25, 0.3) is 0 Å². The van der Waals surface area contributed by atoms with Crippen LogP contribution in [0.2, 0.25) is 0 Å². The summed E-state index contributed by atoms with van der Waals surface area (Å²) in [6.45, 7) is 1.56. The molecule has 0 fully saturated rings. The molecule has 0 saturated carbocycles. The van der Waals surface area contributed by atoms with Crippen LogP contribution >= 0.6 is 0 Å². The van der Waals surface area contributed by atoms with E-state index >= 15 is 0 Å². The molecule has 0 radical (unpaired) electrons. The summed E-state index contributed by atoms with van der Waals surface area (Å²) >= 11 is 0. The van der Waals surface area contributed by atoms with Crippen LogP contribution < -0.4 is 0 Å². The summed E-state index contributed by atoms with van der Waals surface area (Å²) in [5, 5.41) is 19.0. The van der Waals surface area contributed by atoms with Gasteiger partial charge in [-0.05, 0) is 49.3 Å². The molecule has 0 amide bonds. The van der Waals surface area contributed by atoms with Crippen molar-refractivity contribution in [1.82, 2.24) is 0 Å². The third kappa shape index (κ3) is 2.67. The Hall–Kier alpha value is -1.35. The number of carboxylic acid groups (broad SMARTS) is 1. The molecule has 0 heterocycles. The van der Waals surface area contributed by atoms with Gasteiger partial charge in [0.1, 0.15) is 0 Å². The zero-order valence-electron chi connectivity index (χ0n) is 10.1. The average molecular weight is 234 g/mol. The highest BCUT2D eigenvalue weighted by Gasteiger charge is 2.27. The Bertz CT molecular complexity index is 435. The molecule has 0 saturated heterocycles. The van der Waals surface area contributed by atoms with Gasteiger partial charge in [-0.1, -0.05) is 18.2 Å². The average Bonchev–Trinajstić information content (AvgIpc) is 2.26. The van der Waals surface area contributed by atoms with E-state index in [1.54, 1.807) is 6.92 Å². The minimum atomic E-state index is -1.28. The first-order chi connectivity index (χ1) is 7.99. The second kappa shape index (κ2) is 4.49. The number of aliphatic hydroxyl groups is 1. The van der Waals surface area contributed by atoms with Gasteiger partial charge >= 0.3 is 5.97 Å². The van der Waals surface area contributed by atoms with Gasteiger partial charge in [-0.2, -0.15) is 0 Å². The SMILES string of the molecule is CC(O)(CC(=O)O)c1ccc2c(c1)CCCC2. The molecule has 1 aliphatic carbocycles. The molecule has 1 aromatic rings. The molecule has 92 valence electrons. The van der Waals surface area contributed by atoms with Crippen LogP contribution in [0.4, 0.5) is 0 Å². The number of hydrogen-bond donors (Lipinski definition) is 2. The van der Waals surface area contributed by atoms with Gasteiger partial charge in [0.15, 0.2) is 0 Å². The highest BCUT2D eigenvalue weighted by atomic mass is 16.4. The topological polar surface area (TPSA) is 57.5 Å². The molecule has 0 spiro atoms. The molecule has 3 nitrogen and oxygen atoms in total. The molecular formula is C14H18O3. The lowest BCUT2D eigenvalue weighted by Gasteiger charge is -2.24. The van der Waals surface area contributed by atoms with Gasteiger partial charge in [-0.15, -0.1) is 0 Å². The summed E-state index contributed by atoms with van der Waals surface area (Å²) in [7, 11) is 0. The third-order valence-electron chi connectivity index (χ3n) is 3.47. The fourth-order valence-corrected chi connectivity index (χ4v) is 2.46. The van der Waals surface area contributed by atoms with E-state index in [0.717, 1.165) is 12.8 Å². The first-order valence-electron chi connectivity index (χ1n) is 6.05. The minimum Gasteiger partial charge on any atom is -0.481 e. The Balaban J connectivity index is 2.30. The summed E-state index contributed by atoms with van der Waals surface area (Å²) in [6.07, 6.45) is 4.27. The smallest absolute Gasteiger partial charge is 0.306 e. The fraction of sp³-hybridized carbons (Fsp3) is 0.500. The van der Waals surface area contributed by atoms with Crippen molar-refractivity contribution in [2.45, 2.75) is 44.6 Å². The van der Waals surface area contributed by atoms with Crippen molar-refractivity contribution in [3.8, 4) is 0 Å². The molecule has 2 rings (SSSR count). The van der Waals surface area contributed by atoms with E-state index in [4.69, 9.17) is 5.11 Å². The summed E-state index contributed by atoms with van der Waals surface area (Å²) in [6, 6.07) is 5.85. The maximum absolute atomic E-state index is 10.7. The van der Waals surface area contributed by atoms with Crippen LogP contribution in [0, 0.1) is 0 Å². The van der Waals surface area contributed by atoms with Crippen LogP contribution in [0.1, 0.15) is 42.9 Å². The van der Waals surface area contributed by atoms with Gasteiger partial charge in [0.2, 0.25) is 0 Å². The van der Waals surface area contributed by atoms with E-state index in [0.29, 0.717) is 5.56 Å². The molecule has 1 atom stereocenters. The second-order valence-electron chi connectivity index (χ2n) is 5.03. The van der Waals surface area contributed by atoms with Crippen molar-refractivity contribution in [3.63, 3.8) is 0 Å². The fourth-order valence-electron chi connectivity index (χ4n) is 2.46. The molecule has 17 heavy (non-hydrogen) atoms. The van der Waals surface area contributed by atoms with E-state index in [2.05, 4.69) is 0 Å². The number of rotatable bonds is 3. The number of hydrogen-bond acceptors (Lipinski definition) is 2. The Kier molecular flexibility index (Phi) is 3.20. The Labute approximate surface area is 101 Å². The predicted molar refractivity (Wildman–Crippen MR) is 64.9 cm³/mol. The molecule has 1 aliphatic rings. The zero-order chi connectivity index (χ0) is 12.5. The highest BCUT2D eigenvalue weighted by molar-refractivity contribution is 5.68. The Morgan fingerprint density at radius 1 is 1.29 bits per heavy atom. The number of benzene rings is 1. The number of fused-ring (bicyclic) bond motifs is 1. The van der Waals surface area contributed by atoms with Crippen LogP contribution in [0.3, 0.4) is 0 Å². The van der Waals surface area contributed by atoms with Gasteiger partial charge in [-0.3, -0.25) is 4.79 Å². The van der Waals surface area contributed by atoms with Crippen molar-refractivity contribution in [3.05, 3.63) is 34.9 Å². The van der Waals surface area contributed by atoms with Gasteiger partial charge in [-0.25, -0.2) is 0 Å². The van der Waals surface area contributed by atoms with Gasteiger partial charge in [0.05, 0.1) is 12.0 Å².